The summed E-state index contributed by atoms with van der Waals surface area (Å²) in [5, 5.41) is 12.1. The van der Waals surface area contributed by atoms with Gasteiger partial charge in [-0.05, 0) is 66.2 Å². The van der Waals surface area contributed by atoms with Crippen LogP contribution in [0, 0.1) is 4.77 Å². The number of aromatic amines is 1. The number of hydrogen-bond acceptors (Lipinski definition) is 4. The zero-order valence-electron chi connectivity index (χ0n) is 14.4. The third kappa shape index (κ3) is 4.80. The molecule has 26 heavy (non-hydrogen) atoms. The van der Waals surface area contributed by atoms with Crippen LogP contribution in [-0.2, 0) is 13.0 Å². The number of hydrogen-bond donors (Lipinski definition) is 1. The molecule has 0 saturated heterocycles. The average Bonchev–Trinajstić information content (AvgIpc) is 3.00. The molecule has 3 aromatic rings. The molecule has 0 saturated carbocycles. The zero-order chi connectivity index (χ0) is 18.4. The Morgan fingerprint density at radius 2 is 1.92 bits per heavy atom. The molecule has 0 radical (unpaired) electrons. The van der Waals surface area contributed by atoms with E-state index < -0.39 is 0 Å². The van der Waals surface area contributed by atoms with Gasteiger partial charge in [0.15, 0.2) is 5.82 Å². The third-order valence-corrected chi connectivity index (χ3v) is 4.23. The van der Waals surface area contributed by atoms with Crippen LogP contribution in [0.25, 0.3) is 0 Å². The predicted molar refractivity (Wildman–Crippen MR) is 107 cm³/mol. The van der Waals surface area contributed by atoms with Gasteiger partial charge in [0.2, 0.25) is 4.77 Å². The highest BCUT2D eigenvalue weighted by Gasteiger charge is 2.03. The van der Waals surface area contributed by atoms with Crippen LogP contribution in [0.1, 0.15) is 30.3 Å². The number of aryl methyl sites for hydroxylation is 1. The summed E-state index contributed by atoms with van der Waals surface area (Å²) in [6.07, 6.45) is 3.56. The molecule has 1 heterocycles. The summed E-state index contributed by atoms with van der Waals surface area (Å²) >= 11 is 11.1. The Morgan fingerprint density at radius 1 is 1.19 bits per heavy atom. The summed E-state index contributed by atoms with van der Waals surface area (Å²) in [7, 11) is 0. The largest absolute Gasteiger partial charge is 0.489 e. The maximum Gasteiger partial charge on any atom is 0.216 e. The van der Waals surface area contributed by atoms with Gasteiger partial charge in [-0.25, -0.2) is 0 Å². The van der Waals surface area contributed by atoms with Crippen molar-refractivity contribution in [3.63, 3.8) is 0 Å². The molecule has 5 nitrogen and oxygen atoms in total. The van der Waals surface area contributed by atoms with Crippen molar-refractivity contribution in [1.29, 1.82) is 0 Å². The minimum Gasteiger partial charge on any atom is -0.489 e. The Balaban J connectivity index is 1.63. The SMILES string of the molecule is CCCc1n[nH]c(=S)n1/N=C/c1ccc(OCc2ccc(Cl)cc2)cc1. The van der Waals surface area contributed by atoms with E-state index in [1.807, 2.05) is 48.5 Å². The highest BCUT2D eigenvalue weighted by atomic mass is 35.5. The Hall–Kier alpha value is -2.44. The van der Waals surface area contributed by atoms with Crippen molar-refractivity contribution < 1.29 is 4.74 Å². The standard InChI is InChI=1S/C19H19ClN4OS/c1-2-3-18-22-23-19(26)24(18)21-12-14-6-10-17(11-7-14)25-13-15-4-8-16(20)9-5-15/h4-12H,2-3,13H2,1H3,(H,23,26)/b21-12+. The van der Waals surface area contributed by atoms with Crippen LogP contribution in [0.15, 0.2) is 53.6 Å². The second-order valence-corrected chi connectivity index (χ2v) is 6.56. The van der Waals surface area contributed by atoms with Crippen molar-refractivity contribution in [2.75, 3.05) is 0 Å². The number of benzene rings is 2. The van der Waals surface area contributed by atoms with E-state index in [0.717, 1.165) is 40.6 Å². The van der Waals surface area contributed by atoms with Gasteiger partial charge in [-0.3, -0.25) is 5.10 Å². The summed E-state index contributed by atoms with van der Waals surface area (Å²) in [4.78, 5) is 0. The summed E-state index contributed by atoms with van der Waals surface area (Å²) in [6.45, 7) is 2.59. The summed E-state index contributed by atoms with van der Waals surface area (Å²) in [6, 6.07) is 15.3. The molecule has 0 aliphatic carbocycles. The predicted octanol–water partition coefficient (Wildman–Crippen LogP) is 5.01. The average molecular weight is 387 g/mol. The van der Waals surface area contributed by atoms with Crippen molar-refractivity contribution in [1.82, 2.24) is 14.9 Å². The normalized spacial score (nSPS) is 11.2. The molecule has 0 atom stereocenters. The van der Waals surface area contributed by atoms with Crippen molar-refractivity contribution in [3.05, 3.63) is 75.3 Å². The number of aromatic nitrogens is 3. The van der Waals surface area contributed by atoms with Gasteiger partial charge in [0, 0.05) is 11.4 Å². The molecule has 0 fully saturated rings. The first-order valence-corrected chi connectivity index (χ1v) is 9.12. The molecule has 0 bridgehead atoms. The molecule has 0 spiro atoms. The second kappa shape index (κ2) is 8.78. The van der Waals surface area contributed by atoms with E-state index in [1.165, 1.54) is 0 Å². The first kappa shape index (κ1) is 18.4. The van der Waals surface area contributed by atoms with Crippen molar-refractivity contribution in [2.45, 2.75) is 26.4 Å². The summed E-state index contributed by atoms with van der Waals surface area (Å²) < 4.78 is 7.93. The van der Waals surface area contributed by atoms with E-state index in [-0.39, 0.29) is 0 Å². The lowest BCUT2D eigenvalue weighted by Crippen LogP contribution is -1.99. The zero-order valence-corrected chi connectivity index (χ0v) is 15.9. The second-order valence-electron chi connectivity index (χ2n) is 5.74. The highest BCUT2D eigenvalue weighted by molar-refractivity contribution is 7.71. The number of nitrogens with zero attached hydrogens (tertiary/aromatic N) is 3. The van der Waals surface area contributed by atoms with E-state index in [2.05, 4.69) is 22.2 Å². The molecule has 2 aromatic carbocycles. The van der Waals surface area contributed by atoms with Crippen LogP contribution in [-0.4, -0.2) is 21.1 Å². The minimum atomic E-state index is 0.493. The summed E-state index contributed by atoms with van der Waals surface area (Å²) in [5.41, 5.74) is 2.02. The van der Waals surface area contributed by atoms with Gasteiger partial charge >= 0.3 is 0 Å². The number of halogens is 1. The monoisotopic (exact) mass is 386 g/mol. The van der Waals surface area contributed by atoms with Crippen molar-refractivity contribution in [3.8, 4) is 5.75 Å². The molecule has 0 aliphatic rings. The molecule has 7 heteroatoms. The van der Waals surface area contributed by atoms with Crippen LogP contribution in [0.3, 0.4) is 0 Å². The molecule has 3 rings (SSSR count). The number of rotatable bonds is 7. The van der Waals surface area contributed by atoms with E-state index in [9.17, 15) is 0 Å². The van der Waals surface area contributed by atoms with E-state index in [1.54, 1.807) is 10.9 Å². The van der Waals surface area contributed by atoms with E-state index >= 15 is 0 Å². The molecule has 1 aromatic heterocycles. The first-order valence-electron chi connectivity index (χ1n) is 8.33. The molecular formula is C19H19ClN4OS. The van der Waals surface area contributed by atoms with Crippen molar-refractivity contribution in [2.24, 2.45) is 5.10 Å². The van der Waals surface area contributed by atoms with Crippen molar-refractivity contribution >= 4 is 30.0 Å². The summed E-state index contributed by atoms with van der Waals surface area (Å²) in [5.74, 6) is 1.63. The Bertz CT molecular complexity index is 929. The Morgan fingerprint density at radius 3 is 2.62 bits per heavy atom. The lowest BCUT2D eigenvalue weighted by Gasteiger charge is -2.06. The number of ether oxygens (including phenoxy) is 1. The fourth-order valence-electron chi connectivity index (χ4n) is 2.35. The third-order valence-electron chi connectivity index (χ3n) is 3.71. The van der Waals surface area contributed by atoms with Gasteiger partial charge in [-0.1, -0.05) is 30.7 Å². The minimum absolute atomic E-state index is 0.493. The van der Waals surface area contributed by atoms with Crippen LogP contribution in [0.2, 0.25) is 5.02 Å². The molecule has 134 valence electrons. The highest BCUT2D eigenvalue weighted by Crippen LogP contribution is 2.15. The maximum absolute atomic E-state index is 5.88. The Labute approximate surface area is 162 Å². The van der Waals surface area contributed by atoms with Gasteiger partial charge < -0.3 is 4.74 Å². The Kier molecular flexibility index (Phi) is 6.20. The van der Waals surface area contributed by atoms with Crippen LogP contribution < -0.4 is 4.74 Å². The van der Waals surface area contributed by atoms with Gasteiger partial charge in [0.1, 0.15) is 12.4 Å². The van der Waals surface area contributed by atoms with Gasteiger partial charge in [0.05, 0.1) is 6.21 Å². The number of nitrogens with one attached hydrogen (secondary N) is 1. The lowest BCUT2D eigenvalue weighted by molar-refractivity contribution is 0.306. The van der Waals surface area contributed by atoms with Gasteiger partial charge in [-0.2, -0.15) is 14.9 Å². The molecular weight excluding hydrogens is 368 g/mol. The van der Waals surface area contributed by atoms with Gasteiger partial charge in [0.25, 0.3) is 0 Å². The molecule has 0 aliphatic heterocycles. The smallest absolute Gasteiger partial charge is 0.216 e. The van der Waals surface area contributed by atoms with Crippen LogP contribution >= 0.6 is 23.8 Å². The molecule has 0 unspecified atom stereocenters. The van der Waals surface area contributed by atoms with E-state index in [0.29, 0.717) is 11.4 Å². The van der Waals surface area contributed by atoms with Gasteiger partial charge in [-0.15, -0.1) is 0 Å². The molecule has 0 amide bonds. The quantitative estimate of drug-likeness (QED) is 0.458. The molecule has 1 N–H and O–H groups in total. The fraction of sp³-hybridized carbons (Fsp3) is 0.211. The van der Waals surface area contributed by atoms with Crippen LogP contribution in [0.5, 0.6) is 5.75 Å². The number of H-pyrrole nitrogens is 1. The van der Waals surface area contributed by atoms with Crippen LogP contribution in [0.4, 0.5) is 0 Å². The fourth-order valence-corrected chi connectivity index (χ4v) is 2.67. The topological polar surface area (TPSA) is 55.2 Å². The maximum atomic E-state index is 5.88. The first-order chi connectivity index (χ1) is 12.7. The lowest BCUT2D eigenvalue weighted by atomic mass is 10.2. The van der Waals surface area contributed by atoms with E-state index in [4.69, 9.17) is 28.6 Å².